The smallest absolute Gasteiger partial charge is 0.313 e. The van der Waals surface area contributed by atoms with E-state index in [0.717, 1.165) is 18.5 Å². The molecule has 0 radical (unpaired) electrons. The largest absolute Gasteiger partial charge is 0.420 e. The number of benzene rings is 1. The van der Waals surface area contributed by atoms with Crippen LogP contribution >= 0.6 is 0 Å². The average Bonchev–Trinajstić information content (AvgIpc) is 3.46. The third-order valence-electron chi connectivity index (χ3n) is 5.55. The Bertz CT molecular complexity index is 1130. The first-order valence-corrected chi connectivity index (χ1v) is 14.0. The van der Waals surface area contributed by atoms with Crippen LogP contribution < -0.4 is 10.1 Å². The minimum atomic E-state index is -2.36. The maximum Gasteiger partial charge on any atom is 0.313 e. The maximum absolute atomic E-state index is 13.5. The fourth-order valence-corrected chi connectivity index (χ4v) is 3.35. The third kappa shape index (κ3) is 14.0. The predicted octanol–water partition coefficient (Wildman–Crippen LogP) is 2.51. The van der Waals surface area contributed by atoms with Crippen LogP contribution in [0.2, 0.25) is 0 Å². The average molecular weight is 641 g/mol. The van der Waals surface area contributed by atoms with Gasteiger partial charge in [0.15, 0.2) is 0 Å². The van der Waals surface area contributed by atoms with Gasteiger partial charge in [0.25, 0.3) is 0 Å². The van der Waals surface area contributed by atoms with Gasteiger partial charge in [0.1, 0.15) is 0 Å². The van der Waals surface area contributed by atoms with Crippen LogP contribution in [0, 0.1) is 29.1 Å². The minimum absolute atomic E-state index is 0.0162. The van der Waals surface area contributed by atoms with Gasteiger partial charge in [-0.1, -0.05) is 18.6 Å². The first kappa shape index (κ1) is 36.9. The van der Waals surface area contributed by atoms with Gasteiger partial charge in [-0.05, 0) is 6.42 Å². The van der Waals surface area contributed by atoms with E-state index >= 15 is 0 Å². The van der Waals surface area contributed by atoms with Crippen LogP contribution in [0.15, 0.2) is 6.20 Å². The highest BCUT2D eigenvalue weighted by Gasteiger charge is 2.28. The summed E-state index contributed by atoms with van der Waals surface area (Å²) in [7, 11) is 0. The Hall–Kier alpha value is -3.25. The summed E-state index contributed by atoms with van der Waals surface area (Å²) >= 11 is 0. The SMILES string of the molecule is CCCc1cn(CCOCCOCCOCCNC(=O)CCOCCOCCC(=O)Oc2c(F)c(F)c(F)c(F)c2F)nn1. The molecule has 0 spiro atoms. The van der Waals surface area contributed by atoms with Gasteiger partial charge in [-0.15, -0.1) is 5.10 Å². The highest BCUT2D eigenvalue weighted by molar-refractivity contribution is 5.75. The molecule has 1 aromatic heterocycles. The number of carbonyl (C=O) groups is 2. The van der Waals surface area contributed by atoms with E-state index in [-0.39, 0.29) is 38.8 Å². The number of rotatable bonds is 24. The van der Waals surface area contributed by atoms with Gasteiger partial charge in [-0.3, -0.25) is 9.59 Å². The van der Waals surface area contributed by atoms with Crippen LogP contribution in [0.4, 0.5) is 22.0 Å². The number of aryl methyl sites for hydroxylation is 1. The highest BCUT2D eigenvalue weighted by Crippen LogP contribution is 2.29. The normalized spacial score (nSPS) is 11.2. The van der Waals surface area contributed by atoms with E-state index in [9.17, 15) is 31.5 Å². The molecule has 1 N–H and O–H groups in total. The number of ether oxygens (including phenoxy) is 6. The van der Waals surface area contributed by atoms with E-state index in [1.807, 2.05) is 6.20 Å². The Morgan fingerprint density at radius 2 is 1.25 bits per heavy atom. The van der Waals surface area contributed by atoms with Crippen molar-refractivity contribution in [2.45, 2.75) is 39.2 Å². The molecule has 44 heavy (non-hydrogen) atoms. The van der Waals surface area contributed by atoms with Crippen LogP contribution in [0.5, 0.6) is 5.75 Å². The summed E-state index contributed by atoms with van der Waals surface area (Å²) in [4.78, 5) is 23.4. The van der Waals surface area contributed by atoms with Crippen LogP contribution in [0.25, 0.3) is 0 Å². The van der Waals surface area contributed by atoms with Crippen molar-refractivity contribution in [2.75, 3.05) is 72.6 Å². The molecule has 1 heterocycles. The molecule has 2 aromatic rings. The van der Waals surface area contributed by atoms with E-state index in [2.05, 4.69) is 27.3 Å². The van der Waals surface area contributed by atoms with Gasteiger partial charge >= 0.3 is 5.97 Å². The lowest BCUT2D eigenvalue weighted by Gasteiger charge is -2.09. The number of amides is 1. The van der Waals surface area contributed by atoms with Crippen LogP contribution in [0.1, 0.15) is 31.9 Å². The predicted molar refractivity (Wildman–Crippen MR) is 142 cm³/mol. The lowest BCUT2D eigenvalue weighted by molar-refractivity contribution is -0.136. The molecule has 2 rings (SSSR count). The quantitative estimate of drug-likeness (QED) is 0.0456. The summed E-state index contributed by atoms with van der Waals surface area (Å²) in [5, 5.41) is 10.8. The number of hydrogen-bond acceptors (Lipinski definition) is 10. The van der Waals surface area contributed by atoms with Crippen LogP contribution in [-0.2, 0) is 46.2 Å². The number of esters is 1. The van der Waals surface area contributed by atoms with Crippen LogP contribution in [0.3, 0.4) is 0 Å². The highest BCUT2D eigenvalue weighted by atomic mass is 19.2. The van der Waals surface area contributed by atoms with Gasteiger partial charge < -0.3 is 33.7 Å². The van der Waals surface area contributed by atoms with Crippen molar-refractivity contribution >= 4 is 11.9 Å². The number of nitrogens with one attached hydrogen (secondary N) is 1. The molecule has 0 aliphatic carbocycles. The summed E-state index contributed by atoms with van der Waals surface area (Å²) in [6.45, 7) is 5.43. The third-order valence-corrected chi connectivity index (χ3v) is 5.55. The van der Waals surface area contributed by atoms with E-state index in [4.69, 9.17) is 23.7 Å². The van der Waals surface area contributed by atoms with E-state index in [0.29, 0.717) is 52.7 Å². The van der Waals surface area contributed by atoms with E-state index < -0.39 is 47.2 Å². The topological polar surface area (TPSA) is 132 Å². The summed E-state index contributed by atoms with van der Waals surface area (Å²) in [6.07, 6.45) is 3.42. The summed E-state index contributed by atoms with van der Waals surface area (Å²) in [5.74, 6) is -14.5. The Labute approximate surface area is 251 Å². The Morgan fingerprint density at radius 1 is 0.727 bits per heavy atom. The fraction of sp³-hybridized carbons (Fsp3) is 0.630. The number of halogens is 5. The minimum Gasteiger partial charge on any atom is -0.420 e. The summed E-state index contributed by atoms with van der Waals surface area (Å²) < 4.78 is 99.0. The maximum atomic E-state index is 13.5. The molecule has 12 nitrogen and oxygen atoms in total. The molecule has 1 aromatic carbocycles. The second kappa shape index (κ2) is 21.5. The first-order chi connectivity index (χ1) is 21.2. The molecule has 0 aliphatic rings. The molecule has 0 aliphatic heterocycles. The Morgan fingerprint density at radius 3 is 1.86 bits per heavy atom. The number of aromatic nitrogens is 3. The lowest BCUT2D eigenvalue weighted by Crippen LogP contribution is -2.28. The molecule has 0 unspecified atom stereocenters. The van der Waals surface area contributed by atoms with E-state index in [1.165, 1.54) is 0 Å². The molecule has 0 bridgehead atoms. The molecule has 248 valence electrons. The van der Waals surface area contributed by atoms with E-state index in [1.54, 1.807) is 4.68 Å². The molecule has 17 heteroatoms. The monoisotopic (exact) mass is 640 g/mol. The summed E-state index contributed by atoms with van der Waals surface area (Å²) in [5.41, 5.74) is 0.971. The Kier molecular flexibility index (Phi) is 18.0. The van der Waals surface area contributed by atoms with Crippen LogP contribution in [-0.4, -0.2) is 99.5 Å². The van der Waals surface area contributed by atoms with Gasteiger partial charge in [0, 0.05) is 19.2 Å². The van der Waals surface area contributed by atoms with Gasteiger partial charge in [-0.25, -0.2) is 17.9 Å². The van der Waals surface area contributed by atoms with Crippen molar-refractivity contribution in [2.24, 2.45) is 0 Å². The number of hydrogen-bond donors (Lipinski definition) is 1. The number of carbonyl (C=O) groups excluding carboxylic acids is 2. The molecular weight excluding hydrogens is 603 g/mol. The van der Waals surface area contributed by atoms with Crippen molar-refractivity contribution in [3.8, 4) is 5.75 Å². The van der Waals surface area contributed by atoms with Gasteiger partial charge in [-0.2, -0.15) is 8.78 Å². The summed E-state index contributed by atoms with van der Waals surface area (Å²) in [6, 6.07) is 0. The Balaban J connectivity index is 1.35. The molecule has 0 atom stereocenters. The van der Waals surface area contributed by atoms with Crippen molar-refractivity contribution in [1.82, 2.24) is 20.3 Å². The first-order valence-electron chi connectivity index (χ1n) is 14.0. The molecule has 0 saturated heterocycles. The zero-order valence-electron chi connectivity index (χ0n) is 24.4. The second-order valence-corrected chi connectivity index (χ2v) is 9.01. The zero-order valence-corrected chi connectivity index (χ0v) is 24.4. The van der Waals surface area contributed by atoms with Crippen molar-refractivity contribution in [3.63, 3.8) is 0 Å². The molecule has 0 fully saturated rings. The lowest BCUT2D eigenvalue weighted by atomic mass is 10.2. The van der Waals surface area contributed by atoms with Gasteiger partial charge in [0.05, 0.1) is 84.7 Å². The van der Waals surface area contributed by atoms with Crippen molar-refractivity contribution in [3.05, 3.63) is 41.0 Å². The molecular formula is C27H37F5N4O8. The van der Waals surface area contributed by atoms with Crippen molar-refractivity contribution in [1.29, 1.82) is 0 Å². The zero-order chi connectivity index (χ0) is 32.2. The van der Waals surface area contributed by atoms with Gasteiger partial charge in [0.2, 0.25) is 40.7 Å². The van der Waals surface area contributed by atoms with Crippen molar-refractivity contribution < 1.29 is 60.0 Å². The molecule has 0 saturated carbocycles. The molecule has 1 amide bonds. The standard InChI is InChI=1S/C27H37F5N4O8/c1-2-3-19-18-36(35-34-19)7-11-42-15-17-43-16-14-41-10-6-33-20(37)4-8-39-12-13-40-9-5-21(38)44-27-25(31)23(29)22(28)24(30)26(27)32/h18H,2-17H2,1H3,(H,33,37). The fourth-order valence-electron chi connectivity index (χ4n) is 3.35. The number of nitrogens with zero attached hydrogens (tertiary/aromatic N) is 3. The second-order valence-electron chi connectivity index (χ2n) is 9.01.